The number of hydrogen-bond acceptors (Lipinski definition) is 1. The summed E-state index contributed by atoms with van der Waals surface area (Å²) in [6, 6.07) is 2.09. The van der Waals surface area contributed by atoms with Crippen LogP contribution in [0.4, 0.5) is 0 Å². The molecule has 1 aromatic heterocycles. The Hall–Kier alpha value is -0.980. The second-order valence-corrected chi connectivity index (χ2v) is 3.61. The second-order valence-electron chi connectivity index (χ2n) is 3.61. The van der Waals surface area contributed by atoms with Gasteiger partial charge in [0.05, 0.1) is 6.26 Å². The van der Waals surface area contributed by atoms with Gasteiger partial charge in [-0.1, -0.05) is 5.57 Å². The molecular formula is C11H14O. The number of furan rings is 1. The Morgan fingerprint density at radius 2 is 2.17 bits per heavy atom. The van der Waals surface area contributed by atoms with Gasteiger partial charge in [0, 0.05) is 0 Å². The maximum atomic E-state index is 5.47. The van der Waals surface area contributed by atoms with E-state index in [1.54, 1.807) is 6.26 Å². The van der Waals surface area contributed by atoms with Crippen LogP contribution in [0.3, 0.4) is 0 Å². The van der Waals surface area contributed by atoms with Crippen LogP contribution >= 0.6 is 0 Å². The fourth-order valence-electron chi connectivity index (χ4n) is 1.84. The van der Waals surface area contributed by atoms with Crippen molar-refractivity contribution < 1.29 is 4.42 Å². The Bertz CT molecular complexity index is 314. The van der Waals surface area contributed by atoms with Crippen LogP contribution in [-0.2, 0) is 6.42 Å². The highest BCUT2D eigenvalue weighted by Gasteiger charge is 2.17. The van der Waals surface area contributed by atoms with E-state index in [2.05, 4.69) is 19.9 Å². The summed E-state index contributed by atoms with van der Waals surface area (Å²) in [6.07, 6.45) is 5.44. The molecule has 64 valence electrons. The first-order valence-corrected chi connectivity index (χ1v) is 4.52. The smallest absolute Gasteiger partial charge is 0.132 e. The SMILES string of the molecule is CC(C)=C1CCCc2ccoc21. The van der Waals surface area contributed by atoms with Crippen molar-refractivity contribution in [2.45, 2.75) is 33.1 Å². The average molecular weight is 162 g/mol. The van der Waals surface area contributed by atoms with Gasteiger partial charge in [-0.2, -0.15) is 0 Å². The maximum Gasteiger partial charge on any atom is 0.132 e. The van der Waals surface area contributed by atoms with Crippen LogP contribution in [0.2, 0.25) is 0 Å². The zero-order chi connectivity index (χ0) is 8.55. The van der Waals surface area contributed by atoms with E-state index < -0.39 is 0 Å². The third-order valence-electron chi connectivity index (χ3n) is 2.50. The Kier molecular flexibility index (Phi) is 1.80. The Morgan fingerprint density at radius 1 is 1.33 bits per heavy atom. The van der Waals surface area contributed by atoms with Gasteiger partial charge in [-0.25, -0.2) is 0 Å². The molecule has 0 bridgehead atoms. The van der Waals surface area contributed by atoms with Gasteiger partial charge in [-0.3, -0.25) is 0 Å². The zero-order valence-corrected chi connectivity index (χ0v) is 7.68. The van der Waals surface area contributed by atoms with E-state index in [1.807, 2.05) is 0 Å². The summed E-state index contributed by atoms with van der Waals surface area (Å²) < 4.78 is 5.47. The van der Waals surface area contributed by atoms with E-state index in [9.17, 15) is 0 Å². The minimum absolute atomic E-state index is 1.14. The van der Waals surface area contributed by atoms with Crippen molar-refractivity contribution in [3.05, 3.63) is 29.2 Å². The third-order valence-corrected chi connectivity index (χ3v) is 2.50. The lowest BCUT2D eigenvalue weighted by Crippen LogP contribution is -1.99. The first-order valence-electron chi connectivity index (χ1n) is 4.52. The van der Waals surface area contributed by atoms with Crippen LogP contribution in [-0.4, -0.2) is 0 Å². The molecule has 0 N–H and O–H groups in total. The van der Waals surface area contributed by atoms with E-state index in [0.717, 1.165) is 5.76 Å². The van der Waals surface area contributed by atoms with E-state index in [-0.39, 0.29) is 0 Å². The van der Waals surface area contributed by atoms with Crippen molar-refractivity contribution in [2.75, 3.05) is 0 Å². The van der Waals surface area contributed by atoms with Crippen LogP contribution < -0.4 is 0 Å². The predicted octanol–water partition coefficient (Wildman–Crippen LogP) is 3.41. The summed E-state index contributed by atoms with van der Waals surface area (Å²) in [5.41, 5.74) is 4.20. The first-order chi connectivity index (χ1) is 5.79. The molecule has 1 aliphatic carbocycles. The summed E-state index contributed by atoms with van der Waals surface area (Å²) in [7, 11) is 0. The number of aryl methyl sites for hydroxylation is 1. The quantitative estimate of drug-likeness (QED) is 0.569. The van der Waals surface area contributed by atoms with E-state index >= 15 is 0 Å². The van der Waals surface area contributed by atoms with Gasteiger partial charge >= 0.3 is 0 Å². The van der Waals surface area contributed by atoms with Gasteiger partial charge in [-0.15, -0.1) is 0 Å². The fraction of sp³-hybridized carbons (Fsp3) is 0.455. The molecule has 0 unspecified atom stereocenters. The van der Waals surface area contributed by atoms with Gasteiger partial charge in [0.2, 0.25) is 0 Å². The van der Waals surface area contributed by atoms with Crippen LogP contribution in [0.25, 0.3) is 5.57 Å². The lowest BCUT2D eigenvalue weighted by Gasteiger charge is -2.14. The largest absolute Gasteiger partial charge is 0.464 e. The molecule has 0 aliphatic heterocycles. The lowest BCUT2D eigenvalue weighted by atomic mass is 9.91. The Labute approximate surface area is 73.1 Å². The number of fused-ring (bicyclic) bond motifs is 1. The van der Waals surface area contributed by atoms with Gasteiger partial charge in [0.15, 0.2) is 0 Å². The molecule has 1 nitrogen and oxygen atoms in total. The van der Waals surface area contributed by atoms with E-state index in [1.165, 1.54) is 36.0 Å². The molecule has 1 aromatic rings. The van der Waals surface area contributed by atoms with Crippen molar-refractivity contribution in [1.82, 2.24) is 0 Å². The summed E-state index contributed by atoms with van der Waals surface area (Å²) in [4.78, 5) is 0. The summed E-state index contributed by atoms with van der Waals surface area (Å²) in [6.45, 7) is 4.32. The summed E-state index contributed by atoms with van der Waals surface area (Å²) in [5, 5.41) is 0. The van der Waals surface area contributed by atoms with Crippen molar-refractivity contribution >= 4 is 5.57 Å². The van der Waals surface area contributed by atoms with Crippen molar-refractivity contribution in [3.8, 4) is 0 Å². The summed E-state index contributed by atoms with van der Waals surface area (Å²) in [5.74, 6) is 1.14. The molecule has 0 spiro atoms. The molecule has 1 heterocycles. The molecule has 0 fully saturated rings. The van der Waals surface area contributed by atoms with Gasteiger partial charge in [0.1, 0.15) is 5.76 Å². The molecule has 0 saturated heterocycles. The topological polar surface area (TPSA) is 13.1 Å². The van der Waals surface area contributed by atoms with Gasteiger partial charge in [-0.05, 0) is 50.3 Å². The molecular weight excluding hydrogens is 148 g/mol. The monoisotopic (exact) mass is 162 g/mol. The van der Waals surface area contributed by atoms with Crippen molar-refractivity contribution in [1.29, 1.82) is 0 Å². The van der Waals surface area contributed by atoms with Crippen LogP contribution in [0.5, 0.6) is 0 Å². The molecule has 0 aromatic carbocycles. The molecule has 1 heteroatoms. The normalized spacial score (nSPS) is 16.0. The molecule has 0 radical (unpaired) electrons. The Morgan fingerprint density at radius 3 is 2.92 bits per heavy atom. The third kappa shape index (κ3) is 1.09. The molecule has 0 atom stereocenters. The Balaban J connectivity index is 2.52. The summed E-state index contributed by atoms with van der Waals surface area (Å²) >= 11 is 0. The van der Waals surface area contributed by atoms with Crippen molar-refractivity contribution in [3.63, 3.8) is 0 Å². The highest BCUT2D eigenvalue weighted by Crippen LogP contribution is 2.33. The molecule has 2 rings (SSSR count). The van der Waals surface area contributed by atoms with E-state index in [4.69, 9.17) is 4.42 Å². The second kappa shape index (κ2) is 2.81. The molecule has 12 heavy (non-hydrogen) atoms. The standard InChI is InChI=1S/C11H14O/c1-8(2)10-5-3-4-9-6-7-12-11(9)10/h6-7H,3-5H2,1-2H3. The zero-order valence-electron chi connectivity index (χ0n) is 7.68. The number of rotatable bonds is 0. The lowest BCUT2D eigenvalue weighted by molar-refractivity contribution is 0.537. The minimum atomic E-state index is 1.14. The average Bonchev–Trinajstić information content (AvgIpc) is 2.49. The first kappa shape index (κ1) is 7.66. The minimum Gasteiger partial charge on any atom is -0.464 e. The highest BCUT2D eigenvalue weighted by atomic mass is 16.3. The van der Waals surface area contributed by atoms with Gasteiger partial charge < -0.3 is 4.42 Å². The molecule has 1 aliphatic rings. The van der Waals surface area contributed by atoms with Gasteiger partial charge in [0.25, 0.3) is 0 Å². The maximum absolute atomic E-state index is 5.47. The predicted molar refractivity (Wildman–Crippen MR) is 49.9 cm³/mol. The van der Waals surface area contributed by atoms with Crippen LogP contribution in [0.1, 0.15) is 38.0 Å². The highest BCUT2D eigenvalue weighted by molar-refractivity contribution is 5.68. The number of hydrogen-bond donors (Lipinski definition) is 0. The van der Waals surface area contributed by atoms with Crippen molar-refractivity contribution in [2.24, 2.45) is 0 Å². The molecule has 0 amide bonds. The fourth-order valence-corrected chi connectivity index (χ4v) is 1.84. The molecule has 0 saturated carbocycles. The van der Waals surface area contributed by atoms with E-state index in [0.29, 0.717) is 0 Å². The number of allylic oxidation sites excluding steroid dienone is 2. The van der Waals surface area contributed by atoms with Crippen LogP contribution in [0, 0.1) is 0 Å². The van der Waals surface area contributed by atoms with Crippen LogP contribution in [0.15, 0.2) is 22.3 Å².